The Balaban J connectivity index is 0.000000166. The maximum absolute atomic E-state index is 13.4. The molecule has 8 heterocycles. The van der Waals surface area contributed by atoms with Crippen LogP contribution in [-0.2, 0) is 32.4 Å². The molecule has 4 aromatic heterocycles. The molecule has 0 spiro atoms. The van der Waals surface area contributed by atoms with E-state index in [1.54, 1.807) is 12.1 Å². The van der Waals surface area contributed by atoms with E-state index in [1.807, 2.05) is 36.8 Å². The zero-order chi connectivity index (χ0) is 44.2. The molecule has 1 unspecified atom stereocenters. The van der Waals surface area contributed by atoms with Crippen LogP contribution in [0.25, 0.3) is 21.9 Å². The molecular weight excluding hydrogens is 803 g/mol. The molecular formula is C49H62F2N8O4. The molecule has 2 fully saturated rings. The number of benzene rings is 2. The van der Waals surface area contributed by atoms with Gasteiger partial charge in [-0.1, -0.05) is 31.1 Å². The first kappa shape index (κ1) is 44.5. The van der Waals surface area contributed by atoms with Crippen LogP contribution in [0.3, 0.4) is 0 Å². The summed E-state index contributed by atoms with van der Waals surface area (Å²) in [5.41, 5.74) is 6.75. The standard InChI is InChI=1S/C24H29FN4O2.C23H27FN4O2.C2H6/c1-15-4-3-10-29-23(15)26-16(2)19(24(29)30)9-13-28-11-7-17(8-12-28)22-20-6-5-18(25)14-21(20)31-27-22;1-15-18(23(29)28-10-3-2-4-21(28)25-15)9-13-27-11-7-16(8-12-27)22-19-6-5-17(24)14-20(19)30-26-22;1-2/h5-6,14-15,17H,3-4,7-13H2,1-2H3;5-6,14,16H,2-4,7-13H2,1H3;1-2H3. The number of aryl methyl sites for hydroxylation is 3. The van der Waals surface area contributed by atoms with Crippen LogP contribution in [0.5, 0.6) is 0 Å². The Morgan fingerprint density at radius 3 is 1.67 bits per heavy atom. The first-order valence-electron chi connectivity index (χ1n) is 23.3. The van der Waals surface area contributed by atoms with Gasteiger partial charge in [-0.05, 0) is 129 Å². The summed E-state index contributed by atoms with van der Waals surface area (Å²) in [6, 6.07) is 9.26. The second-order valence-corrected chi connectivity index (χ2v) is 17.7. The van der Waals surface area contributed by atoms with Gasteiger partial charge in [0.05, 0.1) is 11.4 Å². The summed E-state index contributed by atoms with van der Waals surface area (Å²) in [6.07, 6.45) is 10.7. The molecule has 6 aromatic rings. The van der Waals surface area contributed by atoms with Crippen molar-refractivity contribution >= 4 is 21.9 Å². The molecule has 0 saturated carbocycles. The molecule has 0 bridgehead atoms. The van der Waals surface area contributed by atoms with Gasteiger partial charge in [-0.15, -0.1) is 0 Å². The topological polar surface area (TPSA) is 128 Å². The van der Waals surface area contributed by atoms with Crippen molar-refractivity contribution in [2.75, 3.05) is 39.3 Å². The third kappa shape index (κ3) is 9.57. The smallest absolute Gasteiger partial charge is 0.256 e. The Bertz CT molecular complexity index is 2650. The van der Waals surface area contributed by atoms with Crippen molar-refractivity contribution in [3.63, 3.8) is 0 Å². The van der Waals surface area contributed by atoms with Crippen LogP contribution in [0.15, 0.2) is 55.0 Å². The molecule has 1 atom stereocenters. The van der Waals surface area contributed by atoms with E-state index in [2.05, 4.69) is 27.0 Å². The Morgan fingerprint density at radius 1 is 0.635 bits per heavy atom. The normalized spacial score (nSPS) is 18.7. The number of likely N-dealkylation sites (tertiary alicyclic amines) is 2. The molecule has 63 heavy (non-hydrogen) atoms. The summed E-state index contributed by atoms with van der Waals surface area (Å²) < 4.78 is 41.3. The van der Waals surface area contributed by atoms with Gasteiger partial charge in [0.2, 0.25) is 0 Å². The number of fused-ring (bicyclic) bond motifs is 4. The average Bonchev–Trinajstić information content (AvgIpc) is 3.92. The molecule has 0 N–H and O–H groups in total. The Labute approximate surface area is 367 Å². The molecule has 0 radical (unpaired) electrons. The number of nitrogens with zero attached hydrogens (tertiary/aromatic N) is 8. The van der Waals surface area contributed by atoms with E-state index < -0.39 is 0 Å². The summed E-state index contributed by atoms with van der Waals surface area (Å²) in [5.74, 6) is 2.31. The van der Waals surface area contributed by atoms with Crippen LogP contribution in [0.1, 0.15) is 135 Å². The number of piperidine rings is 2. The predicted octanol–water partition coefficient (Wildman–Crippen LogP) is 8.77. The van der Waals surface area contributed by atoms with Gasteiger partial charge in [-0.25, -0.2) is 18.7 Å². The third-order valence-electron chi connectivity index (χ3n) is 13.8. The monoisotopic (exact) mass is 864 g/mol. The largest absolute Gasteiger partial charge is 0.356 e. The van der Waals surface area contributed by atoms with Crippen LogP contribution < -0.4 is 11.1 Å². The average molecular weight is 865 g/mol. The van der Waals surface area contributed by atoms with Crippen molar-refractivity contribution in [3.05, 3.63) is 114 Å². The summed E-state index contributed by atoms with van der Waals surface area (Å²) in [4.78, 5) is 40.3. The minimum atomic E-state index is -0.303. The van der Waals surface area contributed by atoms with E-state index >= 15 is 0 Å². The SMILES string of the molecule is CC.Cc1nc2n(c(=O)c1CCN1CCC(c3noc4cc(F)ccc34)CC1)CCCC2.Cc1nc2n(c(=O)c1CCN1CCC(c3noc4cc(F)ccc34)CC1)CCCC2C. The van der Waals surface area contributed by atoms with Crippen LogP contribution in [0, 0.1) is 25.5 Å². The zero-order valence-corrected chi connectivity index (χ0v) is 37.6. The molecule has 10 rings (SSSR count). The minimum Gasteiger partial charge on any atom is -0.356 e. The highest BCUT2D eigenvalue weighted by Gasteiger charge is 2.28. The van der Waals surface area contributed by atoms with E-state index in [0.29, 0.717) is 28.9 Å². The minimum absolute atomic E-state index is 0.158. The highest BCUT2D eigenvalue weighted by molar-refractivity contribution is 5.80. The maximum Gasteiger partial charge on any atom is 0.256 e. The molecule has 336 valence electrons. The van der Waals surface area contributed by atoms with Gasteiger partial charge in [-0.3, -0.25) is 18.7 Å². The van der Waals surface area contributed by atoms with Crippen molar-refractivity contribution < 1.29 is 17.8 Å². The lowest BCUT2D eigenvalue weighted by atomic mass is 9.91. The van der Waals surface area contributed by atoms with Crippen molar-refractivity contribution in [1.29, 1.82) is 0 Å². The molecule has 14 heteroatoms. The van der Waals surface area contributed by atoms with Gasteiger partial charge in [0.25, 0.3) is 11.1 Å². The van der Waals surface area contributed by atoms with Gasteiger partial charge in [-0.2, -0.15) is 0 Å². The molecule has 0 amide bonds. The lowest BCUT2D eigenvalue weighted by Crippen LogP contribution is -2.37. The quantitative estimate of drug-likeness (QED) is 0.147. The summed E-state index contributed by atoms with van der Waals surface area (Å²) >= 11 is 0. The fraction of sp³-hybridized carbons (Fsp3) is 0.551. The number of aromatic nitrogens is 6. The second-order valence-electron chi connectivity index (χ2n) is 17.7. The lowest BCUT2D eigenvalue weighted by Gasteiger charge is -2.31. The van der Waals surface area contributed by atoms with E-state index in [9.17, 15) is 18.4 Å². The molecule has 2 aromatic carbocycles. The third-order valence-corrected chi connectivity index (χ3v) is 13.8. The fourth-order valence-corrected chi connectivity index (χ4v) is 10.2. The second kappa shape index (κ2) is 19.8. The first-order valence-corrected chi connectivity index (χ1v) is 23.3. The maximum atomic E-state index is 13.4. The summed E-state index contributed by atoms with van der Waals surface area (Å²) in [6.45, 7) is 17.3. The molecule has 12 nitrogen and oxygen atoms in total. The van der Waals surface area contributed by atoms with Crippen LogP contribution in [0.2, 0.25) is 0 Å². The zero-order valence-electron chi connectivity index (χ0n) is 37.6. The highest BCUT2D eigenvalue weighted by atomic mass is 19.1. The van der Waals surface area contributed by atoms with Crippen LogP contribution in [0.4, 0.5) is 8.78 Å². The predicted molar refractivity (Wildman–Crippen MR) is 241 cm³/mol. The van der Waals surface area contributed by atoms with Gasteiger partial charge in [0.15, 0.2) is 11.2 Å². The molecule has 2 saturated heterocycles. The Kier molecular flexibility index (Phi) is 14.0. The van der Waals surface area contributed by atoms with Crippen molar-refractivity contribution in [1.82, 2.24) is 39.2 Å². The number of hydrogen-bond acceptors (Lipinski definition) is 10. The van der Waals surface area contributed by atoms with Crippen LogP contribution >= 0.6 is 0 Å². The van der Waals surface area contributed by atoms with E-state index in [4.69, 9.17) is 19.0 Å². The number of rotatable bonds is 8. The Morgan fingerprint density at radius 2 is 1.13 bits per heavy atom. The van der Waals surface area contributed by atoms with Gasteiger partial charge in [0, 0.05) is 95.8 Å². The van der Waals surface area contributed by atoms with E-state index in [0.717, 1.165) is 179 Å². The fourth-order valence-electron chi connectivity index (χ4n) is 10.2. The molecule has 4 aliphatic heterocycles. The van der Waals surface area contributed by atoms with Gasteiger partial charge < -0.3 is 18.8 Å². The highest BCUT2D eigenvalue weighted by Crippen LogP contribution is 2.34. The molecule has 4 aliphatic rings. The number of halogens is 2. The summed E-state index contributed by atoms with van der Waals surface area (Å²) in [7, 11) is 0. The van der Waals surface area contributed by atoms with Crippen molar-refractivity contribution in [3.8, 4) is 0 Å². The number of hydrogen-bond donors (Lipinski definition) is 0. The first-order chi connectivity index (χ1) is 30.6. The van der Waals surface area contributed by atoms with Gasteiger partial charge in [0.1, 0.15) is 23.3 Å². The van der Waals surface area contributed by atoms with Crippen molar-refractivity contribution in [2.24, 2.45) is 0 Å². The van der Waals surface area contributed by atoms with Gasteiger partial charge >= 0.3 is 0 Å². The molecule has 0 aliphatic carbocycles. The van der Waals surface area contributed by atoms with Crippen molar-refractivity contribution in [2.45, 2.75) is 136 Å². The van der Waals surface area contributed by atoms with E-state index in [-0.39, 0.29) is 22.8 Å². The van der Waals surface area contributed by atoms with Crippen LogP contribution in [-0.4, -0.2) is 78.5 Å². The Hall–Kier alpha value is -5.08. The summed E-state index contributed by atoms with van der Waals surface area (Å²) in [5, 5.41) is 10.3. The van der Waals surface area contributed by atoms with E-state index in [1.165, 1.54) is 24.3 Å². The lowest BCUT2D eigenvalue weighted by molar-refractivity contribution is 0.211.